The van der Waals surface area contributed by atoms with E-state index in [0.29, 0.717) is 29.4 Å². The van der Waals surface area contributed by atoms with Crippen LogP contribution in [0.5, 0.6) is 0 Å². The summed E-state index contributed by atoms with van der Waals surface area (Å²) in [5, 5.41) is 7.19. The Bertz CT molecular complexity index is 805. The molecule has 0 unspecified atom stereocenters. The third-order valence-electron chi connectivity index (χ3n) is 3.88. The SMILES string of the molecule is CCSCCOC(=O)C1=C(C)Nc2ncnn2[C@H]1c1ccccc1F. The van der Waals surface area contributed by atoms with E-state index in [1.165, 1.54) is 17.1 Å². The highest BCUT2D eigenvalue weighted by atomic mass is 32.2. The number of fused-ring (bicyclic) bond motifs is 1. The fourth-order valence-electron chi connectivity index (χ4n) is 2.76. The number of hydrogen-bond donors (Lipinski definition) is 1. The van der Waals surface area contributed by atoms with E-state index in [0.717, 1.165) is 11.5 Å². The van der Waals surface area contributed by atoms with Gasteiger partial charge in [-0.3, -0.25) is 0 Å². The van der Waals surface area contributed by atoms with Crippen LogP contribution in [0.4, 0.5) is 10.3 Å². The van der Waals surface area contributed by atoms with Crippen molar-refractivity contribution in [3.05, 3.63) is 53.2 Å². The first-order valence-corrected chi connectivity index (χ1v) is 9.15. The quantitative estimate of drug-likeness (QED) is 0.629. The number of aromatic nitrogens is 3. The molecular weight excluding hydrogens is 343 g/mol. The van der Waals surface area contributed by atoms with Crippen LogP contribution in [-0.4, -0.2) is 38.8 Å². The summed E-state index contributed by atoms with van der Waals surface area (Å²) in [6.07, 6.45) is 1.37. The predicted molar refractivity (Wildman–Crippen MR) is 94.8 cm³/mol. The summed E-state index contributed by atoms with van der Waals surface area (Å²) in [4.78, 5) is 16.8. The van der Waals surface area contributed by atoms with Gasteiger partial charge in [-0.05, 0) is 18.7 Å². The molecule has 1 aromatic heterocycles. The highest BCUT2D eigenvalue weighted by molar-refractivity contribution is 7.99. The molecule has 2 heterocycles. The van der Waals surface area contributed by atoms with Gasteiger partial charge in [0.05, 0.1) is 5.57 Å². The van der Waals surface area contributed by atoms with Crippen molar-refractivity contribution in [3.8, 4) is 0 Å². The molecule has 1 aliphatic rings. The molecule has 1 aromatic carbocycles. The molecule has 0 spiro atoms. The van der Waals surface area contributed by atoms with Crippen LogP contribution in [0.1, 0.15) is 25.5 Å². The summed E-state index contributed by atoms with van der Waals surface area (Å²) >= 11 is 1.69. The van der Waals surface area contributed by atoms with Gasteiger partial charge in [0.25, 0.3) is 0 Å². The minimum Gasteiger partial charge on any atom is -0.461 e. The molecule has 6 nitrogen and oxygen atoms in total. The van der Waals surface area contributed by atoms with Crippen LogP contribution in [0.3, 0.4) is 0 Å². The van der Waals surface area contributed by atoms with Crippen molar-refractivity contribution in [2.75, 3.05) is 23.4 Å². The average molecular weight is 362 g/mol. The largest absolute Gasteiger partial charge is 0.461 e. The summed E-state index contributed by atoms with van der Waals surface area (Å²) in [6, 6.07) is 5.63. The lowest BCUT2D eigenvalue weighted by Gasteiger charge is -2.28. The summed E-state index contributed by atoms with van der Waals surface area (Å²) in [7, 11) is 0. The van der Waals surface area contributed by atoms with Crippen LogP contribution in [0.15, 0.2) is 41.9 Å². The molecule has 2 aromatic rings. The molecule has 0 saturated carbocycles. The van der Waals surface area contributed by atoms with E-state index < -0.39 is 17.8 Å². The Morgan fingerprint density at radius 1 is 1.44 bits per heavy atom. The molecule has 1 atom stereocenters. The number of rotatable bonds is 6. The van der Waals surface area contributed by atoms with Crippen molar-refractivity contribution in [1.82, 2.24) is 14.8 Å². The van der Waals surface area contributed by atoms with Crippen molar-refractivity contribution in [1.29, 1.82) is 0 Å². The molecule has 25 heavy (non-hydrogen) atoms. The zero-order valence-corrected chi connectivity index (χ0v) is 14.8. The second-order valence-corrected chi connectivity index (χ2v) is 6.84. The Kier molecular flexibility index (Phi) is 5.37. The van der Waals surface area contributed by atoms with Crippen molar-refractivity contribution in [2.45, 2.75) is 19.9 Å². The number of carbonyl (C=O) groups excluding carboxylic acids is 1. The summed E-state index contributed by atoms with van der Waals surface area (Å²) in [5.41, 5.74) is 1.27. The summed E-state index contributed by atoms with van der Waals surface area (Å²) in [5.74, 6) is 1.26. The lowest BCUT2D eigenvalue weighted by molar-refractivity contribution is -0.139. The molecule has 1 aliphatic heterocycles. The highest BCUT2D eigenvalue weighted by Crippen LogP contribution is 2.36. The summed E-state index contributed by atoms with van der Waals surface area (Å²) < 4.78 is 21.3. The topological polar surface area (TPSA) is 69.0 Å². The van der Waals surface area contributed by atoms with Crippen molar-refractivity contribution < 1.29 is 13.9 Å². The Labute approximate surface area is 149 Å². The maximum Gasteiger partial charge on any atom is 0.338 e. The maximum atomic E-state index is 14.4. The van der Waals surface area contributed by atoms with Gasteiger partial charge >= 0.3 is 5.97 Å². The standard InChI is InChI=1S/C17H19FN4O2S/c1-3-25-9-8-24-16(23)14-11(2)21-17-19-10-20-22(17)15(14)12-6-4-5-7-13(12)18/h4-7,10,15H,3,8-9H2,1-2H3,(H,19,20,21)/t15-/m0/s1. The van der Waals surface area contributed by atoms with Crippen LogP contribution in [0.2, 0.25) is 0 Å². The van der Waals surface area contributed by atoms with Crippen LogP contribution in [0, 0.1) is 5.82 Å². The van der Waals surface area contributed by atoms with Crippen LogP contribution in [0.25, 0.3) is 0 Å². The molecule has 132 valence electrons. The van der Waals surface area contributed by atoms with Crippen LogP contribution < -0.4 is 5.32 Å². The lowest BCUT2D eigenvalue weighted by Crippen LogP contribution is -2.30. The van der Waals surface area contributed by atoms with Gasteiger partial charge in [-0.2, -0.15) is 21.8 Å². The number of nitrogens with one attached hydrogen (secondary N) is 1. The van der Waals surface area contributed by atoms with E-state index in [-0.39, 0.29) is 0 Å². The lowest BCUT2D eigenvalue weighted by atomic mass is 9.95. The van der Waals surface area contributed by atoms with E-state index in [1.807, 2.05) is 6.92 Å². The molecule has 0 fully saturated rings. The molecule has 3 rings (SSSR count). The fourth-order valence-corrected chi connectivity index (χ4v) is 3.24. The zero-order valence-electron chi connectivity index (χ0n) is 14.0. The number of carbonyl (C=O) groups is 1. The van der Waals surface area contributed by atoms with Gasteiger partial charge in [0.1, 0.15) is 24.8 Å². The average Bonchev–Trinajstić information content (AvgIpc) is 3.06. The number of thioether (sulfide) groups is 1. The number of halogens is 1. The van der Waals surface area contributed by atoms with E-state index in [2.05, 4.69) is 15.4 Å². The molecule has 0 saturated heterocycles. The van der Waals surface area contributed by atoms with Gasteiger partial charge in [-0.15, -0.1) is 0 Å². The van der Waals surface area contributed by atoms with Gasteiger partial charge in [0.15, 0.2) is 0 Å². The monoisotopic (exact) mass is 362 g/mol. The second kappa shape index (κ2) is 7.69. The first-order chi connectivity index (χ1) is 12.1. The first kappa shape index (κ1) is 17.5. The normalized spacial score (nSPS) is 16.4. The maximum absolute atomic E-state index is 14.4. The number of anilines is 1. The summed E-state index contributed by atoms with van der Waals surface area (Å²) in [6.45, 7) is 4.11. The van der Waals surface area contributed by atoms with E-state index in [9.17, 15) is 9.18 Å². The molecule has 8 heteroatoms. The van der Waals surface area contributed by atoms with Crippen molar-refractivity contribution in [3.63, 3.8) is 0 Å². The van der Waals surface area contributed by atoms with Crippen LogP contribution >= 0.6 is 11.8 Å². The third-order valence-corrected chi connectivity index (χ3v) is 4.74. The van der Waals surface area contributed by atoms with E-state index in [4.69, 9.17) is 4.74 Å². The minimum atomic E-state index is -0.716. The molecule has 0 aliphatic carbocycles. The van der Waals surface area contributed by atoms with E-state index >= 15 is 0 Å². The highest BCUT2D eigenvalue weighted by Gasteiger charge is 2.35. The van der Waals surface area contributed by atoms with Gasteiger partial charge in [-0.1, -0.05) is 25.1 Å². The number of ether oxygens (including phenoxy) is 1. The Morgan fingerprint density at radius 2 is 2.24 bits per heavy atom. The van der Waals surface area contributed by atoms with Gasteiger partial charge in [0.2, 0.25) is 5.95 Å². The van der Waals surface area contributed by atoms with E-state index in [1.54, 1.807) is 36.9 Å². The first-order valence-electron chi connectivity index (χ1n) is 8.00. The molecule has 0 radical (unpaired) electrons. The Morgan fingerprint density at radius 3 is 3.00 bits per heavy atom. The molecular formula is C17H19FN4O2S. The number of esters is 1. The predicted octanol–water partition coefficient (Wildman–Crippen LogP) is 3.00. The van der Waals surface area contributed by atoms with Crippen molar-refractivity contribution >= 4 is 23.7 Å². The van der Waals surface area contributed by atoms with Gasteiger partial charge < -0.3 is 10.1 Å². The molecule has 0 bridgehead atoms. The van der Waals surface area contributed by atoms with Crippen LogP contribution in [-0.2, 0) is 9.53 Å². The number of benzene rings is 1. The van der Waals surface area contributed by atoms with Gasteiger partial charge in [0, 0.05) is 17.0 Å². The second-order valence-electron chi connectivity index (χ2n) is 5.45. The molecule has 1 N–H and O–H groups in total. The van der Waals surface area contributed by atoms with Gasteiger partial charge in [-0.25, -0.2) is 13.9 Å². The van der Waals surface area contributed by atoms with Crippen molar-refractivity contribution in [2.24, 2.45) is 0 Å². The number of allylic oxidation sites excluding steroid dienone is 1. The molecule has 0 amide bonds. The third kappa shape index (κ3) is 3.53. The number of nitrogens with zero attached hydrogens (tertiary/aromatic N) is 3. The fraction of sp³-hybridized carbons (Fsp3) is 0.353. The zero-order chi connectivity index (χ0) is 17.8. The number of hydrogen-bond acceptors (Lipinski definition) is 6. The minimum absolute atomic E-state index is 0.308. The Hall–Kier alpha value is -2.35. The smallest absolute Gasteiger partial charge is 0.338 e. The Balaban J connectivity index is 1.96.